The number of ketones is 1. The van der Waals surface area contributed by atoms with E-state index in [9.17, 15) is 14.7 Å². The number of thiophene rings is 1. The third-order valence-electron chi connectivity index (χ3n) is 5.09. The molecule has 0 bridgehead atoms. The standard InChI is InChI=1S/C24H20ClNO5S/c1-3-31-16-7-4-6-14(12-16)26-21(19-8-5-11-32-19)20(23(28)24(26)29)22(27)17-13-15(30-2)9-10-18(17)25/h4-13,21,27H,3H2,1-2H3/b22-20-. The summed E-state index contributed by atoms with van der Waals surface area (Å²) in [5.74, 6) is -0.844. The largest absolute Gasteiger partial charge is 0.507 e. The first-order valence-electron chi connectivity index (χ1n) is 9.87. The SMILES string of the molecule is CCOc1cccc(N2C(=O)C(=O)/C(=C(\O)c3cc(OC)ccc3Cl)C2c2cccs2)c1. The van der Waals surface area contributed by atoms with Gasteiger partial charge in [-0.25, -0.2) is 0 Å². The smallest absolute Gasteiger partial charge is 0.300 e. The monoisotopic (exact) mass is 469 g/mol. The summed E-state index contributed by atoms with van der Waals surface area (Å²) in [6, 6.07) is 14.5. The van der Waals surface area contributed by atoms with Crippen molar-refractivity contribution >= 4 is 46.1 Å². The van der Waals surface area contributed by atoms with Crippen molar-refractivity contribution in [2.75, 3.05) is 18.6 Å². The van der Waals surface area contributed by atoms with E-state index in [1.54, 1.807) is 36.4 Å². The van der Waals surface area contributed by atoms with E-state index < -0.39 is 17.7 Å². The van der Waals surface area contributed by atoms with Gasteiger partial charge in [-0.1, -0.05) is 23.7 Å². The molecule has 2 heterocycles. The van der Waals surface area contributed by atoms with Gasteiger partial charge in [0.25, 0.3) is 11.7 Å². The van der Waals surface area contributed by atoms with Crippen LogP contribution in [0.15, 0.2) is 65.6 Å². The van der Waals surface area contributed by atoms with Gasteiger partial charge in [0.05, 0.1) is 24.3 Å². The van der Waals surface area contributed by atoms with Crippen molar-refractivity contribution < 1.29 is 24.2 Å². The zero-order valence-corrected chi connectivity index (χ0v) is 18.9. The Labute approximate surface area is 194 Å². The van der Waals surface area contributed by atoms with Crippen LogP contribution in [0.25, 0.3) is 5.76 Å². The van der Waals surface area contributed by atoms with Crippen molar-refractivity contribution in [1.29, 1.82) is 0 Å². The van der Waals surface area contributed by atoms with Gasteiger partial charge in [-0.3, -0.25) is 14.5 Å². The number of hydrogen-bond acceptors (Lipinski definition) is 6. The minimum atomic E-state index is -0.811. The van der Waals surface area contributed by atoms with E-state index in [4.69, 9.17) is 21.1 Å². The number of amides is 1. The number of Topliss-reactive ketones (excluding diaryl/α,β-unsaturated/α-hetero) is 1. The van der Waals surface area contributed by atoms with Crippen molar-refractivity contribution in [1.82, 2.24) is 0 Å². The summed E-state index contributed by atoms with van der Waals surface area (Å²) < 4.78 is 10.8. The maximum atomic E-state index is 13.2. The Morgan fingerprint density at radius 2 is 1.94 bits per heavy atom. The predicted molar refractivity (Wildman–Crippen MR) is 125 cm³/mol. The van der Waals surface area contributed by atoms with E-state index in [1.165, 1.54) is 29.4 Å². The van der Waals surface area contributed by atoms with Crippen LogP contribution in [0.2, 0.25) is 5.02 Å². The molecule has 1 N–H and O–H groups in total. The molecule has 1 fully saturated rings. The molecular formula is C24H20ClNO5S. The Balaban J connectivity index is 1.92. The van der Waals surface area contributed by atoms with Crippen molar-refractivity contribution in [3.63, 3.8) is 0 Å². The van der Waals surface area contributed by atoms with Gasteiger partial charge >= 0.3 is 0 Å². The molecule has 1 amide bonds. The first-order valence-corrected chi connectivity index (χ1v) is 11.1. The zero-order chi connectivity index (χ0) is 22.8. The highest BCUT2D eigenvalue weighted by Crippen LogP contribution is 2.45. The number of methoxy groups -OCH3 is 1. The van der Waals surface area contributed by atoms with Crippen LogP contribution in [0.4, 0.5) is 5.69 Å². The van der Waals surface area contributed by atoms with Gasteiger partial charge in [0.1, 0.15) is 23.3 Å². The number of aliphatic hydroxyl groups is 1. The minimum Gasteiger partial charge on any atom is -0.507 e. The summed E-state index contributed by atoms with van der Waals surface area (Å²) in [4.78, 5) is 28.5. The number of halogens is 1. The molecule has 164 valence electrons. The van der Waals surface area contributed by atoms with E-state index >= 15 is 0 Å². The van der Waals surface area contributed by atoms with Crippen molar-refractivity contribution in [3.8, 4) is 11.5 Å². The number of anilines is 1. The number of carbonyl (C=O) groups is 2. The third-order valence-corrected chi connectivity index (χ3v) is 6.35. The van der Waals surface area contributed by atoms with Gasteiger partial charge in [-0.15, -0.1) is 11.3 Å². The molecule has 0 saturated carbocycles. The quantitative estimate of drug-likeness (QED) is 0.296. The van der Waals surface area contributed by atoms with Crippen LogP contribution in [0.3, 0.4) is 0 Å². The highest BCUT2D eigenvalue weighted by Gasteiger charge is 2.47. The summed E-state index contributed by atoms with van der Waals surface area (Å²) in [7, 11) is 1.49. The van der Waals surface area contributed by atoms with Crippen LogP contribution in [-0.4, -0.2) is 30.5 Å². The number of ether oxygens (including phenoxy) is 2. The highest BCUT2D eigenvalue weighted by molar-refractivity contribution is 7.10. The van der Waals surface area contributed by atoms with Crippen molar-refractivity contribution in [2.24, 2.45) is 0 Å². The Morgan fingerprint density at radius 1 is 1.12 bits per heavy atom. The molecule has 0 radical (unpaired) electrons. The van der Waals surface area contributed by atoms with E-state index in [0.29, 0.717) is 23.8 Å². The fourth-order valence-corrected chi connectivity index (χ4v) is 4.69. The Bertz CT molecular complexity index is 1200. The molecule has 1 atom stereocenters. The van der Waals surface area contributed by atoms with Gasteiger partial charge < -0.3 is 14.6 Å². The molecular weight excluding hydrogens is 450 g/mol. The molecule has 0 aliphatic carbocycles. The molecule has 3 aromatic rings. The molecule has 0 spiro atoms. The average Bonchev–Trinajstić information content (AvgIpc) is 3.41. The molecule has 1 aromatic heterocycles. The van der Waals surface area contributed by atoms with Crippen molar-refractivity contribution in [2.45, 2.75) is 13.0 Å². The van der Waals surface area contributed by atoms with Gasteiger partial charge in [0, 0.05) is 22.2 Å². The molecule has 32 heavy (non-hydrogen) atoms. The zero-order valence-electron chi connectivity index (χ0n) is 17.4. The summed E-state index contributed by atoms with van der Waals surface area (Å²) >= 11 is 7.70. The molecule has 1 aliphatic heterocycles. The number of benzene rings is 2. The Morgan fingerprint density at radius 3 is 2.62 bits per heavy atom. The molecule has 1 saturated heterocycles. The van der Waals surface area contributed by atoms with Crippen molar-refractivity contribution in [3.05, 3.63) is 81.0 Å². The van der Waals surface area contributed by atoms with E-state index in [-0.39, 0.29) is 21.9 Å². The van der Waals surface area contributed by atoms with Crippen LogP contribution in [-0.2, 0) is 9.59 Å². The van der Waals surface area contributed by atoms with Crippen LogP contribution < -0.4 is 14.4 Å². The minimum absolute atomic E-state index is 0.0329. The fraction of sp³-hybridized carbons (Fsp3) is 0.167. The summed E-state index contributed by atoms with van der Waals surface area (Å²) in [5, 5.41) is 13.3. The first kappa shape index (κ1) is 21.9. The molecule has 2 aromatic carbocycles. The summed E-state index contributed by atoms with van der Waals surface area (Å²) in [5.41, 5.74) is 0.676. The third kappa shape index (κ3) is 3.85. The summed E-state index contributed by atoms with van der Waals surface area (Å²) in [6.45, 7) is 2.33. The Kier molecular flexibility index (Phi) is 6.21. The van der Waals surface area contributed by atoms with Gasteiger partial charge in [-0.05, 0) is 48.7 Å². The lowest BCUT2D eigenvalue weighted by Crippen LogP contribution is -2.29. The van der Waals surface area contributed by atoms with E-state index in [1.807, 2.05) is 24.4 Å². The predicted octanol–water partition coefficient (Wildman–Crippen LogP) is 5.44. The van der Waals surface area contributed by atoms with E-state index in [2.05, 4.69) is 0 Å². The first-order chi connectivity index (χ1) is 15.5. The van der Waals surface area contributed by atoms with E-state index in [0.717, 1.165) is 4.88 Å². The normalized spacial score (nSPS) is 17.6. The topological polar surface area (TPSA) is 76.1 Å². The van der Waals surface area contributed by atoms with Crippen LogP contribution in [0.5, 0.6) is 11.5 Å². The van der Waals surface area contributed by atoms with Gasteiger partial charge in [0.15, 0.2) is 0 Å². The molecule has 1 aliphatic rings. The molecule has 6 nitrogen and oxygen atoms in total. The highest BCUT2D eigenvalue weighted by atomic mass is 35.5. The second-order valence-corrected chi connectivity index (χ2v) is 8.35. The Hall–Kier alpha value is -3.29. The van der Waals surface area contributed by atoms with Gasteiger partial charge in [0.2, 0.25) is 0 Å². The van der Waals surface area contributed by atoms with Gasteiger partial charge in [-0.2, -0.15) is 0 Å². The number of hydrogen-bond donors (Lipinski definition) is 1. The fourth-order valence-electron chi connectivity index (χ4n) is 3.66. The lowest BCUT2D eigenvalue weighted by molar-refractivity contribution is -0.132. The number of nitrogens with zero attached hydrogens (tertiary/aromatic N) is 1. The number of carbonyl (C=O) groups excluding carboxylic acids is 2. The molecule has 1 unspecified atom stereocenters. The number of rotatable bonds is 6. The van der Waals surface area contributed by atoms with Crippen LogP contribution >= 0.6 is 22.9 Å². The number of aliphatic hydroxyl groups excluding tert-OH is 1. The lowest BCUT2D eigenvalue weighted by atomic mass is 9.99. The maximum Gasteiger partial charge on any atom is 0.300 e. The maximum absolute atomic E-state index is 13.2. The summed E-state index contributed by atoms with van der Waals surface area (Å²) in [6.07, 6.45) is 0. The van der Waals surface area contributed by atoms with Crippen LogP contribution in [0.1, 0.15) is 23.4 Å². The van der Waals surface area contributed by atoms with Crippen LogP contribution in [0, 0.1) is 0 Å². The molecule has 4 rings (SSSR count). The lowest BCUT2D eigenvalue weighted by Gasteiger charge is -2.24. The second-order valence-electron chi connectivity index (χ2n) is 6.96. The molecule has 8 heteroatoms. The average molecular weight is 470 g/mol. The second kappa shape index (κ2) is 9.06.